The van der Waals surface area contributed by atoms with Crippen LogP contribution in [0.5, 0.6) is 0 Å². The number of nitrogens with zero attached hydrogens (tertiary/aromatic N) is 3. The molecule has 3 aliphatic heterocycles. The van der Waals surface area contributed by atoms with Gasteiger partial charge in [0.1, 0.15) is 5.69 Å². The molecule has 3 fully saturated rings. The molecule has 26 heavy (non-hydrogen) atoms. The summed E-state index contributed by atoms with van der Waals surface area (Å²) >= 11 is 6.08. The summed E-state index contributed by atoms with van der Waals surface area (Å²) in [5, 5.41) is 7.50. The van der Waals surface area contributed by atoms with E-state index in [9.17, 15) is 4.79 Å². The van der Waals surface area contributed by atoms with Crippen LogP contribution in [0.2, 0.25) is 5.02 Å². The highest BCUT2D eigenvalue weighted by atomic mass is 35.5. The van der Waals surface area contributed by atoms with Gasteiger partial charge >= 0.3 is 0 Å². The third kappa shape index (κ3) is 2.98. The summed E-state index contributed by atoms with van der Waals surface area (Å²) in [6, 6.07) is 0. The van der Waals surface area contributed by atoms with Crippen LogP contribution in [0.1, 0.15) is 37.2 Å². The Morgan fingerprint density at radius 1 is 1.54 bits per heavy atom. The van der Waals surface area contributed by atoms with Gasteiger partial charge in [-0.15, -0.1) is 0 Å². The molecular weight excluding hydrogens is 352 g/mol. The van der Waals surface area contributed by atoms with Crippen molar-refractivity contribution in [3.63, 3.8) is 0 Å². The maximum absolute atomic E-state index is 12.5. The van der Waals surface area contributed by atoms with Crippen molar-refractivity contribution in [1.82, 2.24) is 20.0 Å². The molecule has 1 aromatic heterocycles. The van der Waals surface area contributed by atoms with Crippen molar-refractivity contribution in [2.24, 2.45) is 18.9 Å². The van der Waals surface area contributed by atoms with E-state index in [2.05, 4.69) is 35.2 Å². The Bertz CT molecular complexity index is 722. The topological polar surface area (TPSA) is 59.4 Å². The standard InChI is InChI=1S/C19H27ClN4O2/c1-12(2)5-7-24-10-14-13(16-4-6-19(14,11-24)26-16)8-21-18(25)17-15(20)9-22-23(17)3/h5,9,13-14,16H,4,6-8,10-11H2,1-3H3,(H,21,25)/t13-,14+,16+,19+/m0/s1. The second-order valence-corrected chi connectivity index (χ2v) is 8.59. The zero-order chi connectivity index (χ0) is 18.5. The summed E-state index contributed by atoms with van der Waals surface area (Å²) in [4.78, 5) is 15.0. The highest BCUT2D eigenvalue weighted by Crippen LogP contribution is 2.54. The number of carbonyl (C=O) groups is 1. The van der Waals surface area contributed by atoms with E-state index in [0.717, 1.165) is 32.5 Å². The summed E-state index contributed by atoms with van der Waals surface area (Å²) in [5.74, 6) is 0.705. The number of hydrogen-bond acceptors (Lipinski definition) is 4. The summed E-state index contributed by atoms with van der Waals surface area (Å²) < 4.78 is 7.97. The van der Waals surface area contributed by atoms with E-state index in [0.29, 0.717) is 29.1 Å². The average molecular weight is 379 g/mol. The second kappa shape index (κ2) is 6.66. The predicted octanol–water partition coefficient (Wildman–Crippen LogP) is 2.25. The summed E-state index contributed by atoms with van der Waals surface area (Å²) in [5.41, 5.74) is 1.77. The Balaban J connectivity index is 1.42. The van der Waals surface area contributed by atoms with Gasteiger partial charge in [0.05, 0.1) is 22.9 Å². The molecule has 0 unspecified atom stereocenters. The van der Waals surface area contributed by atoms with Gasteiger partial charge in [0.15, 0.2) is 0 Å². The number of halogens is 1. The van der Waals surface area contributed by atoms with Crippen molar-refractivity contribution in [3.8, 4) is 0 Å². The number of carbonyl (C=O) groups excluding carboxylic acids is 1. The average Bonchev–Trinajstić information content (AvgIpc) is 3.30. The first-order valence-corrected chi connectivity index (χ1v) is 9.76. The number of fused-ring (bicyclic) bond motifs is 1. The molecular formula is C19H27ClN4O2. The SMILES string of the molecule is CC(C)=CCN1C[C@@H]2[C@H](CNC(=O)c3c(Cl)cnn3C)[C@H]3CC[C@]2(C1)O3. The number of likely N-dealkylation sites (tertiary alicyclic amines) is 1. The molecule has 0 saturated carbocycles. The van der Waals surface area contributed by atoms with Crippen molar-refractivity contribution in [2.45, 2.75) is 38.4 Å². The van der Waals surface area contributed by atoms with Crippen LogP contribution in [0.3, 0.4) is 0 Å². The van der Waals surface area contributed by atoms with Crippen LogP contribution in [-0.2, 0) is 11.8 Å². The van der Waals surface area contributed by atoms with Crippen molar-refractivity contribution >= 4 is 17.5 Å². The molecule has 1 amide bonds. The van der Waals surface area contributed by atoms with Crippen molar-refractivity contribution in [2.75, 3.05) is 26.2 Å². The Labute approximate surface area is 159 Å². The van der Waals surface area contributed by atoms with Crippen LogP contribution in [0.15, 0.2) is 17.8 Å². The highest BCUT2D eigenvalue weighted by Gasteiger charge is 2.62. The number of hydrogen-bond donors (Lipinski definition) is 1. The van der Waals surface area contributed by atoms with Crippen molar-refractivity contribution in [1.29, 1.82) is 0 Å². The normalized spacial score (nSPS) is 32.7. The quantitative estimate of drug-likeness (QED) is 0.798. The molecule has 1 N–H and O–H groups in total. The van der Waals surface area contributed by atoms with Gasteiger partial charge < -0.3 is 10.1 Å². The summed E-state index contributed by atoms with van der Waals surface area (Å²) in [6.45, 7) is 7.95. The van der Waals surface area contributed by atoms with Gasteiger partial charge in [0, 0.05) is 45.1 Å². The number of nitrogens with one attached hydrogen (secondary N) is 1. The van der Waals surface area contributed by atoms with E-state index >= 15 is 0 Å². The summed E-state index contributed by atoms with van der Waals surface area (Å²) in [6.07, 6.45) is 6.30. The maximum atomic E-state index is 12.5. The van der Waals surface area contributed by atoms with Crippen molar-refractivity contribution in [3.05, 3.63) is 28.6 Å². The number of rotatable bonds is 5. The lowest BCUT2D eigenvalue weighted by Crippen LogP contribution is -2.42. The number of amides is 1. The van der Waals surface area contributed by atoms with Crippen LogP contribution < -0.4 is 5.32 Å². The lowest BCUT2D eigenvalue weighted by atomic mass is 9.73. The molecule has 142 valence electrons. The first-order valence-electron chi connectivity index (χ1n) is 9.39. The smallest absolute Gasteiger partial charge is 0.271 e. The van der Waals surface area contributed by atoms with Crippen molar-refractivity contribution < 1.29 is 9.53 Å². The molecule has 6 nitrogen and oxygen atoms in total. The predicted molar refractivity (Wildman–Crippen MR) is 100 cm³/mol. The molecule has 7 heteroatoms. The van der Waals surface area contributed by atoms with Gasteiger partial charge in [-0.05, 0) is 26.7 Å². The number of aromatic nitrogens is 2. The van der Waals surface area contributed by atoms with Gasteiger partial charge in [-0.2, -0.15) is 5.10 Å². The molecule has 3 saturated heterocycles. The van der Waals surface area contributed by atoms with Crippen LogP contribution in [0.4, 0.5) is 0 Å². The molecule has 4 heterocycles. The lowest BCUT2D eigenvalue weighted by molar-refractivity contribution is 0.00363. The molecule has 3 aliphatic rings. The molecule has 4 atom stereocenters. The fourth-order valence-corrected chi connectivity index (χ4v) is 5.22. The van der Waals surface area contributed by atoms with Gasteiger partial charge in [0.2, 0.25) is 0 Å². The van der Waals surface area contributed by atoms with Crippen LogP contribution in [0.25, 0.3) is 0 Å². The molecule has 2 bridgehead atoms. The fourth-order valence-electron chi connectivity index (χ4n) is 4.97. The number of ether oxygens (including phenoxy) is 1. The van der Waals surface area contributed by atoms with Gasteiger partial charge in [-0.25, -0.2) is 0 Å². The molecule has 0 aromatic carbocycles. The van der Waals surface area contributed by atoms with Gasteiger partial charge in [0.25, 0.3) is 5.91 Å². The second-order valence-electron chi connectivity index (χ2n) is 8.18. The van der Waals surface area contributed by atoms with Crippen LogP contribution in [0, 0.1) is 11.8 Å². The third-order valence-electron chi connectivity index (χ3n) is 6.22. The maximum Gasteiger partial charge on any atom is 0.271 e. The highest BCUT2D eigenvalue weighted by molar-refractivity contribution is 6.33. The van der Waals surface area contributed by atoms with Crippen LogP contribution in [-0.4, -0.2) is 58.5 Å². The minimum absolute atomic E-state index is 0.000276. The fraction of sp³-hybridized carbons (Fsp3) is 0.684. The largest absolute Gasteiger partial charge is 0.370 e. The Hall–Kier alpha value is -1.37. The molecule has 0 radical (unpaired) electrons. The Morgan fingerprint density at radius 3 is 3.04 bits per heavy atom. The van der Waals surface area contributed by atoms with E-state index in [4.69, 9.17) is 16.3 Å². The Morgan fingerprint density at radius 2 is 2.35 bits per heavy atom. The minimum Gasteiger partial charge on any atom is -0.370 e. The van der Waals surface area contributed by atoms with E-state index in [1.165, 1.54) is 16.5 Å². The molecule has 1 spiro atoms. The van der Waals surface area contributed by atoms with Crippen LogP contribution >= 0.6 is 11.6 Å². The lowest BCUT2D eigenvalue weighted by Gasteiger charge is -2.29. The minimum atomic E-state index is -0.161. The summed E-state index contributed by atoms with van der Waals surface area (Å²) in [7, 11) is 1.73. The monoisotopic (exact) mass is 378 g/mol. The van der Waals surface area contributed by atoms with E-state index in [-0.39, 0.29) is 17.6 Å². The number of aryl methyl sites for hydroxylation is 1. The van der Waals surface area contributed by atoms with E-state index in [1.54, 1.807) is 7.05 Å². The zero-order valence-corrected chi connectivity index (χ0v) is 16.4. The van der Waals surface area contributed by atoms with Gasteiger partial charge in [-0.3, -0.25) is 14.4 Å². The molecule has 1 aromatic rings. The first-order chi connectivity index (χ1) is 12.4. The third-order valence-corrected chi connectivity index (χ3v) is 6.50. The first kappa shape index (κ1) is 18.0. The molecule has 0 aliphatic carbocycles. The molecule has 4 rings (SSSR count). The Kier molecular flexibility index (Phi) is 4.61. The number of allylic oxidation sites excluding steroid dienone is 1. The van der Waals surface area contributed by atoms with E-state index in [1.807, 2.05) is 0 Å². The zero-order valence-electron chi connectivity index (χ0n) is 15.7. The van der Waals surface area contributed by atoms with E-state index < -0.39 is 0 Å². The van der Waals surface area contributed by atoms with Gasteiger partial charge in [-0.1, -0.05) is 23.3 Å².